The summed E-state index contributed by atoms with van der Waals surface area (Å²) in [5.74, 6) is -0.0607. The first-order valence-corrected chi connectivity index (χ1v) is 11.2. The number of nitrogens with one attached hydrogen (secondary N) is 2. The Hall–Kier alpha value is -1.93. The quantitative estimate of drug-likeness (QED) is 0.739. The predicted molar refractivity (Wildman–Crippen MR) is 110 cm³/mol. The van der Waals surface area contributed by atoms with Crippen LogP contribution in [0.25, 0.3) is 0 Å². The minimum absolute atomic E-state index is 0.0607. The van der Waals surface area contributed by atoms with Crippen LogP contribution in [0.4, 0.5) is 5.69 Å². The summed E-state index contributed by atoms with van der Waals surface area (Å²) in [6.07, 6.45) is 0.915. The Balaban J connectivity index is 1.54. The smallest absolute Gasteiger partial charge is 0.279 e. The standard InChI is InChI=1S/C20H24ClN3O3S/c1-2-16-5-3-7-18(13-16)22-20(25)15-23-9-11-24(12-10-23)28(26,27)19-8-4-6-17(21)14-19/h3-8,13-14H,2,9-12,15H2,1H3,(H,22,25)/p+1. The number of piperazine rings is 1. The Morgan fingerprint density at radius 2 is 1.86 bits per heavy atom. The fourth-order valence-corrected chi connectivity index (χ4v) is 5.04. The van der Waals surface area contributed by atoms with E-state index >= 15 is 0 Å². The highest BCUT2D eigenvalue weighted by Crippen LogP contribution is 2.19. The third-order valence-corrected chi connectivity index (χ3v) is 7.02. The van der Waals surface area contributed by atoms with Crippen molar-refractivity contribution < 1.29 is 18.1 Å². The summed E-state index contributed by atoms with van der Waals surface area (Å²) in [6, 6.07) is 14.1. The Morgan fingerprint density at radius 1 is 1.14 bits per heavy atom. The molecule has 1 heterocycles. The van der Waals surface area contributed by atoms with Gasteiger partial charge in [0, 0.05) is 10.7 Å². The fourth-order valence-electron chi connectivity index (χ4n) is 3.30. The number of carbonyl (C=O) groups excluding carboxylic acids is 1. The van der Waals surface area contributed by atoms with Gasteiger partial charge >= 0.3 is 0 Å². The van der Waals surface area contributed by atoms with E-state index in [1.807, 2.05) is 24.3 Å². The molecule has 0 saturated carbocycles. The highest BCUT2D eigenvalue weighted by atomic mass is 35.5. The van der Waals surface area contributed by atoms with Gasteiger partial charge in [0.2, 0.25) is 10.0 Å². The van der Waals surface area contributed by atoms with Gasteiger partial charge in [-0.1, -0.05) is 36.7 Å². The first-order valence-electron chi connectivity index (χ1n) is 9.36. The van der Waals surface area contributed by atoms with Gasteiger partial charge in [-0.2, -0.15) is 4.31 Å². The Morgan fingerprint density at radius 3 is 2.54 bits per heavy atom. The van der Waals surface area contributed by atoms with Gasteiger partial charge in [-0.3, -0.25) is 4.79 Å². The monoisotopic (exact) mass is 422 g/mol. The molecule has 0 atom stereocenters. The van der Waals surface area contributed by atoms with Crippen LogP contribution in [0.5, 0.6) is 0 Å². The molecule has 1 fully saturated rings. The molecule has 0 spiro atoms. The van der Waals surface area contributed by atoms with Crippen molar-refractivity contribution in [1.82, 2.24) is 4.31 Å². The van der Waals surface area contributed by atoms with Crippen molar-refractivity contribution in [3.05, 3.63) is 59.1 Å². The van der Waals surface area contributed by atoms with Gasteiger partial charge in [0.15, 0.2) is 6.54 Å². The summed E-state index contributed by atoms with van der Waals surface area (Å²) in [5.41, 5.74) is 1.97. The van der Waals surface area contributed by atoms with Crippen LogP contribution in [0.3, 0.4) is 0 Å². The molecule has 2 aromatic rings. The Kier molecular flexibility index (Phi) is 6.72. The zero-order valence-corrected chi connectivity index (χ0v) is 17.4. The molecule has 0 aromatic heterocycles. The van der Waals surface area contributed by atoms with Gasteiger partial charge < -0.3 is 10.2 Å². The SMILES string of the molecule is CCc1cccc(NC(=O)C[NH+]2CCN(S(=O)(=O)c3cccc(Cl)c3)CC2)c1. The number of halogens is 1. The van der Waals surface area contributed by atoms with Gasteiger partial charge in [0.25, 0.3) is 5.91 Å². The summed E-state index contributed by atoms with van der Waals surface area (Å²) in [5, 5.41) is 3.33. The first kappa shape index (κ1) is 20.8. The number of aryl methyl sites for hydroxylation is 1. The summed E-state index contributed by atoms with van der Waals surface area (Å²) in [6.45, 7) is 4.32. The highest BCUT2D eigenvalue weighted by molar-refractivity contribution is 7.89. The number of rotatable bonds is 6. The molecular formula is C20H25ClN3O3S+. The molecule has 2 aromatic carbocycles. The van der Waals surface area contributed by atoms with Crippen LogP contribution >= 0.6 is 11.6 Å². The molecule has 3 rings (SSSR count). The average Bonchev–Trinajstić information content (AvgIpc) is 2.68. The van der Waals surface area contributed by atoms with Crippen LogP contribution in [-0.2, 0) is 21.2 Å². The minimum atomic E-state index is -3.56. The van der Waals surface area contributed by atoms with E-state index in [-0.39, 0.29) is 10.8 Å². The molecule has 0 radical (unpaired) electrons. The third kappa shape index (κ3) is 5.11. The summed E-state index contributed by atoms with van der Waals surface area (Å²) < 4.78 is 27.0. The van der Waals surface area contributed by atoms with E-state index in [9.17, 15) is 13.2 Å². The Bertz CT molecular complexity index is 941. The van der Waals surface area contributed by atoms with Gasteiger partial charge in [-0.25, -0.2) is 8.42 Å². The fraction of sp³-hybridized carbons (Fsp3) is 0.350. The lowest BCUT2D eigenvalue weighted by Gasteiger charge is -2.31. The van der Waals surface area contributed by atoms with Crippen molar-refractivity contribution in [2.45, 2.75) is 18.2 Å². The molecule has 1 aliphatic rings. The van der Waals surface area contributed by atoms with E-state index < -0.39 is 10.0 Å². The molecule has 1 saturated heterocycles. The predicted octanol–water partition coefficient (Wildman–Crippen LogP) is 1.43. The maximum Gasteiger partial charge on any atom is 0.279 e. The average molecular weight is 423 g/mol. The molecule has 6 nitrogen and oxygen atoms in total. The van der Waals surface area contributed by atoms with Crippen LogP contribution in [0, 0.1) is 0 Å². The van der Waals surface area contributed by atoms with Crippen LogP contribution in [-0.4, -0.2) is 51.4 Å². The van der Waals surface area contributed by atoms with Crippen molar-refractivity contribution in [2.75, 3.05) is 38.0 Å². The van der Waals surface area contributed by atoms with Crippen LogP contribution in [0.15, 0.2) is 53.4 Å². The number of carbonyl (C=O) groups is 1. The van der Waals surface area contributed by atoms with Crippen LogP contribution < -0.4 is 10.2 Å². The molecule has 150 valence electrons. The second kappa shape index (κ2) is 9.05. The number of amides is 1. The highest BCUT2D eigenvalue weighted by Gasteiger charge is 2.31. The number of anilines is 1. The molecule has 0 unspecified atom stereocenters. The molecule has 2 N–H and O–H groups in total. The van der Waals surface area contributed by atoms with E-state index in [2.05, 4.69) is 12.2 Å². The van der Waals surface area contributed by atoms with Crippen LogP contribution in [0.1, 0.15) is 12.5 Å². The van der Waals surface area contributed by atoms with E-state index in [1.165, 1.54) is 15.9 Å². The van der Waals surface area contributed by atoms with Crippen molar-refractivity contribution in [2.24, 2.45) is 0 Å². The molecule has 0 bridgehead atoms. The van der Waals surface area contributed by atoms with Crippen molar-refractivity contribution in [3.8, 4) is 0 Å². The lowest BCUT2D eigenvalue weighted by molar-refractivity contribution is -0.895. The minimum Gasteiger partial charge on any atom is -0.325 e. The lowest BCUT2D eigenvalue weighted by Crippen LogP contribution is -3.15. The van der Waals surface area contributed by atoms with Crippen molar-refractivity contribution in [1.29, 1.82) is 0 Å². The Labute approximate surface area is 171 Å². The first-order chi connectivity index (χ1) is 13.4. The van der Waals surface area contributed by atoms with E-state index in [0.29, 0.717) is 37.7 Å². The van der Waals surface area contributed by atoms with Gasteiger partial charge in [-0.05, 0) is 42.3 Å². The number of hydrogen-bond donors (Lipinski definition) is 2. The summed E-state index contributed by atoms with van der Waals surface area (Å²) in [4.78, 5) is 13.6. The van der Waals surface area contributed by atoms with Crippen LogP contribution in [0.2, 0.25) is 5.02 Å². The third-order valence-electron chi connectivity index (χ3n) is 4.89. The van der Waals surface area contributed by atoms with E-state index in [4.69, 9.17) is 11.6 Å². The molecule has 28 heavy (non-hydrogen) atoms. The maximum atomic E-state index is 12.7. The molecule has 1 aliphatic heterocycles. The number of quaternary nitrogens is 1. The van der Waals surface area contributed by atoms with E-state index in [1.54, 1.807) is 18.2 Å². The molecule has 8 heteroatoms. The van der Waals surface area contributed by atoms with E-state index in [0.717, 1.165) is 17.0 Å². The number of nitrogens with zero attached hydrogens (tertiary/aromatic N) is 1. The second-order valence-electron chi connectivity index (χ2n) is 6.89. The largest absolute Gasteiger partial charge is 0.325 e. The van der Waals surface area contributed by atoms with Crippen molar-refractivity contribution >= 4 is 33.2 Å². The zero-order valence-electron chi connectivity index (χ0n) is 15.8. The normalized spacial score (nSPS) is 16.1. The lowest BCUT2D eigenvalue weighted by atomic mass is 10.1. The topological polar surface area (TPSA) is 70.9 Å². The van der Waals surface area contributed by atoms with Gasteiger partial charge in [0.1, 0.15) is 0 Å². The number of sulfonamides is 1. The zero-order chi connectivity index (χ0) is 20.1. The number of benzene rings is 2. The van der Waals surface area contributed by atoms with Gasteiger partial charge in [0.05, 0.1) is 31.1 Å². The molecule has 1 amide bonds. The summed E-state index contributed by atoms with van der Waals surface area (Å²) in [7, 11) is -3.56. The second-order valence-corrected chi connectivity index (χ2v) is 9.26. The molecule has 0 aliphatic carbocycles. The maximum absolute atomic E-state index is 12.7. The van der Waals surface area contributed by atoms with Gasteiger partial charge in [-0.15, -0.1) is 0 Å². The number of hydrogen-bond acceptors (Lipinski definition) is 3. The van der Waals surface area contributed by atoms with Crippen molar-refractivity contribution in [3.63, 3.8) is 0 Å². The summed E-state index contributed by atoms with van der Waals surface area (Å²) >= 11 is 5.92. The molecular weight excluding hydrogens is 398 g/mol.